The Morgan fingerprint density at radius 2 is 1.75 bits per heavy atom. The van der Waals surface area contributed by atoms with Crippen molar-refractivity contribution in [1.82, 2.24) is 9.62 Å². The van der Waals surface area contributed by atoms with Crippen molar-refractivity contribution in [1.29, 1.82) is 0 Å². The van der Waals surface area contributed by atoms with Gasteiger partial charge in [-0.25, -0.2) is 13.1 Å². The summed E-state index contributed by atoms with van der Waals surface area (Å²) in [6.45, 7) is 4.51. The van der Waals surface area contributed by atoms with Gasteiger partial charge in [0.05, 0.1) is 4.90 Å². The minimum Gasteiger partial charge on any atom is -0.336 e. The van der Waals surface area contributed by atoms with Gasteiger partial charge in [0.25, 0.3) is 5.91 Å². The third-order valence-corrected chi connectivity index (χ3v) is 6.90. The topological polar surface area (TPSA) is 66.5 Å². The van der Waals surface area contributed by atoms with Crippen molar-refractivity contribution in [3.63, 3.8) is 0 Å². The first kappa shape index (κ1) is 20.6. The Labute approximate surface area is 167 Å². The van der Waals surface area contributed by atoms with E-state index in [1.807, 2.05) is 49.1 Å². The minimum absolute atomic E-state index is 0.00939. The second-order valence-corrected chi connectivity index (χ2v) is 9.12. The predicted molar refractivity (Wildman–Crippen MR) is 111 cm³/mol. The number of amides is 1. The maximum Gasteiger partial charge on any atom is 0.254 e. The molecule has 150 valence electrons. The highest BCUT2D eigenvalue weighted by molar-refractivity contribution is 7.89. The number of sulfonamides is 1. The van der Waals surface area contributed by atoms with Gasteiger partial charge >= 0.3 is 0 Å². The van der Waals surface area contributed by atoms with E-state index in [1.165, 1.54) is 0 Å². The molecule has 0 aliphatic heterocycles. The van der Waals surface area contributed by atoms with Crippen LogP contribution in [-0.2, 0) is 10.0 Å². The van der Waals surface area contributed by atoms with Crippen LogP contribution in [0.25, 0.3) is 0 Å². The van der Waals surface area contributed by atoms with Crippen molar-refractivity contribution in [3.05, 3.63) is 65.7 Å². The van der Waals surface area contributed by atoms with Crippen LogP contribution in [0.5, 0.6) is 0 Å². The molecule has 1 aliphatic carbocycles. The van der Waals surface area contributed by atoms with Gasteiger partial charge in [-0.1, -0.05) is 35.9 Å². The second-order valence-electron chi connectivity index (χ2n) is 7.41. The van der Waals surface area contributed by atoms with Gasteiger partial charge in [-0.3, -0.25) is 4.79 Å². The zero-order chi connectivity index (χ0) is 20.1. The molecule has 0 heterocycles. The predicted octanol–water partition coefficient (Wildman–Crippen LogP) is 3.75. The van der Waals surface area contributed by atoms with Crippen LogP contribution in [0.4, 0.5) is 0 Å². The summed E-state index contributed by atoms with van der Waals surface area (Å²) in [5.74, 6) is 0.00939. The van der Waals surface area contributed by atoms with Gasteiger partial charge in [-0.15, -0.1) is 0 Å². The molecule has 0 saturated heterocycles. The maximum atomic E-state index is 12.9. The molecule has 2 aromatic carbocycles. The molecule has 1 aliphatic rings. The number of carbonyl (C=O) groups excluding carboxylic acids is 1. The molecule has 5 nitrogen and oxygen atoms in total. The summed E-state index contributed by atoms with van der Waals surface area (Å²) < 4.78 is 28.3. The normalized spacial score (nSPS) is 19.9. The van der Waals surface area contributed by atoms with Gasteiger partial charge in [-0.2, -0.15) is 0 Å². The number of benzene rings is 2. The fraction of sp³-hybridized carbons (Fsp3) is 0.409. The lowest BCUT2D eigenvalue weighted by Crippen LogP contribution is -2.48. The van der Waals surface area contributed by atoms with E-state index < -0.39 is 10.0 Å². The van der Waals surface area contributed by atoms with Crippen LogP contribution in [-0.4, -0.2) is 37.9 Å². The van der Waals surface area contributed by atoms with E-state index in [9.17, 15) is 13.2 Å². The Hall–Kier alpha value is -2.18. The number of rotatable bonds is 6. The lowest BCUT2D eigenvalue weighted by molar-refractivity contribution is 0.0635. The monoisotopic (exact) mass is 400 g/mol. The largest absolute Gasteiger partial charge is 0.336 e. The number of carbonyl (C=O) groups is 1. The molecule has 1 fully saturated rings. The quantitative estimate of drug-likeness (QED) is 0.803. The molecule has 1 N–H and O–H groups in total. The highest BCUT2D eigenvalue weighted by atomic mass is 32.2. The molecule has 2 atom stereocenters. The summed E-state index contributed by atoms with van der Waals surface area (Å²) in [5.41, 5.74) is 1.70. The third kappa shape index (κ3) is 4.80. The fourth-order valence-corrected chi connectivity index (χ4v) is 5.16. The van der Waals surface area contributed by atoms with E-state index in [4.69, 9.17) is 0 Å². The average Bonchev–Trinajstić information content (AvgIpc) is 2.69. The third-order valence-electron chi connectivity index (χ3n) is 5.36. The Balaban J connectivity index is 1.70. The van der Waals surface area contributed by atoms with Crippen LogP contribution in [0, 0.1) is 6.92 Å². The van der Waals surface area contributed by atoms with Gasteiger partial charge in [0.15, 0.2) is 0 Å². The first-order valence-corrected chi connectivity index (χ1v) is 11.3. The van der Waals surface area contributed by atoms with Gasteiger partial charge in [-0.05, 0) is 63.8 Å². The lowest BCUT2D eigenvalue weighted by Gasteiger charge is -2.37. The van der Waals surface area contributed by atoms with E-state index in [1.54, 1.807) is 24.3 Å². The van der Waals surface area contributed by atoms with Crippen LogP contribution in [0.2, 0.25) is 0 Å². The van der Waals surface area contributed by atoms with Crippen molar-refractivity contribution in [2.45, 2.75) is 56.5 Å². The summed E-state index contributed by atoms with van der Waals surface area (Å²) >= 11 is 0. The van der Waals surface area contributed by atoms with Crippen LogP contribution in [0.3, 0.4) is 0 Å². The van der Waals surface area contributed by atoms with Crippen LogP contribution in [0.15, 0.2) is 59.5 Å². The van der Waals surface area contributed by atoms with Crippen LogP contribution in [0.1, 0.15) is 48.5 Å². The SMILES string of the molecule is CCN(C(=O)c1ccccc1)C1CCCC(NS(=O)(=O)c2ccc(C)cc2)C1. The number of hydrogen-bond donors (Lipinski definition) is 1. The molecule has 6 heteroatoms. The highest BCUT2D eigenvalue weighted by Crippen LogP contribution is 2.26. The number of aryl methyl sites for hydroxylation is 1. The number of nitrogens with one attached hydrogen (secondary N) is 1. The molecule has 2 unspecified atom stereocenters. The van der Waals surface area contributed by atoms with E-state index in [-0.39, 0.29) is 22.9 Å². The fourth-order valence-electron chi connectivity index (χ4n) is 3.87. The van der Waals surface area contributed by atoms with E-state index in [2.05, 4.69) is 4.72 Å². The minimum atomic E-state index is -3.56. The Morgan fingerprint density at radius 1 is 1.07 bits per heavy atom. The van der Waals surface area contributed by atoms with Crippen LogP contribution >= 0.6 is 0 Å². The molecule has 3 rings (SSSR count). The first-order valence-electron chi connectivity index (χ1n) is 9.85. The summed E-state index contributed by atoms with van der Waals surface area (Å²) in [4.78, 5) is 15.1. The van der Waals surface area contributed by atoms with E-state index in [0.717, 1.165) is 24.8 Å². The molecule has 0 radical (unpaired) electrons. The number of nitrogens with zero attached hydrogens (tertiary/aromatic N) is 1. The molecule has 1 saturated carbocycles. The zero-order valence-corrected chi connectivity index (χ0v) is 17.3. The molecule has 0 aromatic heterocycles. The molecular weight excluding hydrogens is 372 g/mol. The molecular formula is C22H28N2O3S. The Morgan fingerprint density at radius 3 is 2.39 bits per heavy atom. The number of hydrogen-bond acceptors (Lipinski definition) is 3. The van der Waals surface area contributed by atoms with Gasteiger partial charge < -0.3 is 4.90 Å². The van der Waals surface area contributed by atoms with E-state index >= 15 is 0 Å². The van der Waals surface area contributed by atoms with Crippen molar-refractivity contribution in [3.8, 4) is 0 Å². The maximum absolute atomic E-state index is 12.9. The second kappa shape index (κ2) is 8.88. The Kier molecular flexibility index (Phi) is 6.52. The Bertz CT molecular complexity index is 895. The van der Waals surface area contributed by atoms with Crippen molar-refractivity contribution < 1.29 is 13.2 Å². The van der Waals surface area contributed by atoms with Crippen molar-refractivity contribution >= 4 is 15.9 Å². The van der Waals surface area contributed by atoms with Crippen molar-refractivity contribution in [2.24, 2.45) is 0 Å². The van der Waals surface area contributed by atoms with Crippen molar-refractivity contribution in [2.75, 3.05) is 6.54 Å². The zero-order valence-electron chi connectivity index (χ0n) is 16.5. The molecule has 2 aromatic rings. The molecule has 0 bridgehead atoms. The first-order chi connectivity index (χ1) is 13.4. The van der Waals surface area contributed by atoms with Gasteiger partial charge in [0.2, 0.25) is 10.0 Å². The molecule has 1 amide bonds. The standard InChI is InChI=1S/C22H28N2O3S/c1-3-24(22(25)18-8-5-4-6-9-18)20-11-7-10-19(16-20)23-28(26,27)21-14-12-17(2)13-15-21/h4-6,8-9,12-15,19-20,23H,3,7,10-11,16H2,1-2H3. The van der Waals surface area contributed by atoms with E-state index in [0.29, 0.717) is 18.5 Å². The molecule has 0 spiro atoms. The summed E-state index contributed by atoms with van der Waals surface area (Å²) in [6.07, 6.45) is 3.22. The lowest BCUT2D eigenvalue weighted by atomic mass is 9.90. The summed E-state index contributed by atoms with van der Waals surface area (Å²) in [5, 5.41) is 0. The summed E-state index contributed by atoms with van der Waals surface area (Å²) in [7, 11) is -3.56. The van der Waals surface area contributed by atoms with Gasteiger partial charge in [0, 0.05) is 24.2 Å². The molecule has 28 heavy (non-hydrogen) atoms. The smallest absolute Gasteiger partial charge is 0.254 e. The van der Waals surface area contributed by atoms with Gasteiger partial charge in [0.1, 0.15) is 0 Å². The highest BCUT2D eigenvalue weighted by Gasteiger charge is 2.31. The average molecular weight is 401 g/mol. The summed E-state index contributed by atoms with van der Waals surface area (Å²) in [6, 6.07) is 16.0. The van der Waals surface area contributed by atoms with Crippen LogP contribution < -0.4 is 4.72 Å².